The number of aromatic nitrogens is 2. The van der Waals surface area contributed by atoms with Gasteiger partial charge in [0.15, 0.2) is 11.5 Å². The molecule has 0 saturated carbocycles. The van der Waals surface area contributed by atoms with Gasteiger partial charge in [-0.25, -0.2) is 4.98 Å². The molecule has 1 aromatic heterocycles. The average molecular weight is 396 g/mol. The van der Waals surface area contributed by atoms with Crippen LogP contribution in [0.1, 0.15) is 33.5 Å². The summed E-state index contributed by atoms with van der Waals surface area (Å²) in [5.41, 5.74) is 1.49. The van der Waals surface area contributed by atoms with Crippen LogP contribution in [0.25, 0.3) is 11.0 Å². The van der Waals surface area contributed by atoms with Crippen LogP contribution < -0.4 is 14.8 Å². The Morgan fingerprint density at radius 2 is 1.69 bits per heavy atom. The van der Waals surface area contributed by atoms with Crippen LogP contribution in [0.2, 0.25) is 0 Å². The van der Waals surface area contributed by atoms with Gasteiger partial charge >= 0.3 is 0 Å². The number of hydrogen-bond acceptors (Lipinski definition) is 4. The van der Waals surface area contributed by atoms with Gasteiger partial charge in [0.1, 0.15) is 12.4 Å². The van der Waals surface area contributed by atoms with Gasteiger partial charge in [0.25, 0.3) is 0 Å². The second-order valence-corrected chi connectivity index (χ2v) is 7.83. The molecule has 0 saturated heterocycles. The number of nitrogens with one attached hydrogen (secondary N) is 1. The zero-order valence-electron chi connectivity index (χ0n) is 17.6. The van der Waals surface area contributed by atoms with Crippen LogP contribution in [0.4, 0.5) is 0 Å². The van der Waals surface area contributed by atoms with Crippen LogP contribution in [0.15, 0.2) is 48.5 Å². The number of carbonyl (C=O) groups is 1. The van der Waals surface area contributed by atoms with E-state index in [2.05, 4.69) is 9.88 Å². The van der Waals surface area contributed by atoms with E-state index in [4.69, 9.17) is 14.5 Å². The summed E-state index contributed by atoms with van der Waals surface area (Å²) in [5.74, 6) is 2.27. The van der Waals surface area contributed by atoms with E-state index in [0.717, 1.165) is 28.4 Å². The molecule has 0 atom stereocenters. The van der Waals surface area contributed by atoms with Crippen molar-refractivity contribution in [3.8, 4) is 11.5 Å². The lowest BCUT2D eigenvalue weighted by Crippen LogP contribution is -2.35. The van der Waals surface area contributed by atoms with Gasteiger partial charge in [-0.15, -0.1) is 0 Å². The molecule has 3 aromatic rings. The van der Waals surface area contributed by atoms with Crippen molar-refractivity contribution >= 4 is 16.9 Å². The van der Waals surface area contributed by atoms with Crippen molar-refractivity contribution in [1.29, 1.82) is 0 Å². The fraction of sp³-hybridized carbons (Fsp3) is 0.391. The van der Waals surface area contributed by atoms with Crippen molar-refractivity contribution in [1.82, 2.24) is 14.9 Å². The second-order valence-electron chi connectivity index (χ2n) is 7.83. The third-order valence-electron chi connectivity index (χ3n) is 4.54. The Hall–Kier alpha value is -3.02. The van der Waals surface area contributed by atoms with Gasteiger partial charge in [0.05, 0.1) is 30.7 Å². The van der Waals surface area contributed by atoms with Crippen molar-refractivity contribution in [3.05, 3.63) is 54.4 Å². The maximum Gasteiger partial charge on any atom is 0.225 e. The molecular formula is C23H29N3O3. The van der Waals surface area contributed by atoms with Crippen LogP contribution in [-0.4, -0.2) is 28.7 Å². The molecule has 2 aromatic carbocycles. The van der Waals surface area contributed by atoms with Gasteiger partial charge in [0.2, 0.25) is 5.91 Å². The number of benzene rings is 2. The number of amides is 1. The summed E-state index contributed by atoms with van der Waals surface area (Å²) < 4.78 is 13.7. The third kappa shape index (κ3) is 5.08. The van der Waals surface area contributed by atoms with Crippen LogP contribution in [-0.2, 0) is 17.9 Å². The highest BCUT2D eigenvalue weighted by atomic mass is 16.5. The first-order chi connectivity index (χ1) is 13.9. The maximum atomic E-state index is 12.3. The molecule has 0 aliphatic carbocycles. The minimum Gasteiger partial charge on any atom is -0.490 e. The van der Waals surface area contributed by atoms with Crippen LogP contribution in [0.3, 0.4) is 0 Å². The second kappa shape index (κ2) is 8.99. The topological polar surface area (TPSA) is 65.4 Å². The summed E-state index contributed by atoms with van der Waals surface area (Å²) in [7, 11) is 0. The molecular weight excluding hydrogens is 366 g/mol. The largest absolute Gasteiger partial charge is 0.490 e. The molecule has 6 heteroatoms. The molecule has 29 heavy (non-hydrogen) atoms. The number of hydrogen-bond donors (Lipinski definition) is 1. The lowest BCUT2D eigenvalue weighted by molar-refractivity contribution is -0.128. The average Bonchev–Trinajstić information content (AvgIpc) is 3.04. The molecule has 1 amide bonds. The van der Waals surface area contributed by atoms with Crippen LogP contribution in [0.5, 0.6) is 11.5 Å². The summed E-state index contributed by atoms with van der Waals surface area (Å²) in [6.45, 7) is 9.68. The van der Waals surface area contributed by atoms with Crippen molar-refractivity contribution in [3.63, 3.8) is 0 Å². The smallest absolute Gasteiger partial charge is 0.225 e. The summed E-state index contributed by atoms with van der Waals surface area (Å²) in [5, 5.41) is 2.99. The fourth-order valence-corrected chi connectivity index (χ4v) is 3.03. The van der Waals surface area contributed by atoms with Gasteiger partial charge in [0, 0.05) is 5.41 Å². The standard InChI is InChI=1S/C23H29N3O3/c1-5-28-19-12-8-9-13-20(19)29-15-14-26-18-11-7-6-10-17(18)25-21(26)16-24-22(27)23(2,3)4/h6-13H,5,14-16H2,1-4H3,(H,24,27). The van der Waals surface area contributed by atoms with E-state index in [-0.39, 0.29) is 5.91 Å². The van der Waals surface area contributed by atoms with Gasteiger partial charge in [-0.2, -0.15) is 0 Å². The van der Waals surface area contributed by atoms with Gasteiger partial charge in [-0.05, 0) is 31.2 Å². The Morgan fingerprint density at radius 3 is 2.38 bits per heavy atom. The first kappa shape index (κ1) is 20.7. The molecule has 0 radical (unpaired) electrons. The quantitative estimate of drug-likeness (QED) is 0.621. The Balaban J connectivity index is 1.75. The number of para-hydroxylation sites is 4. The molecule has 0 spiro atoms. The fourth-order valence-electron chi connectivity index (χ4n) is 3.03. The molecule has 0 aliphatic rings. The molecule has 6 nitrogen and oxygen atoms in total. The number of ether oxygens (including phenoxy) is 2. The van der Waals surface area contributed by atoms with E-state index in [1.54, 1.807) is 0 Å². The molecule has 1 heterocycles. The van der Waals surface area contributed by atoms with Crippen molar-refractivity contribution < 1.29 is 14.3 Å². The first-order valence-corrected chi connectivity index (χ1v) is 9.97. The third-order valence-corrected chi connectivity index (χ3v) is 4.54. The lowest BCUT2D eigenvalue weighted by atomic mass is 9.96. The molecule has 0 unspecified atom stereocenters. The van der Waals surface area contributed by atoms with E-state index >= 15 is 0 Å². The van der Waals surface area contributed by atoms with Crippen molar-refractivity contribution in [2.75, 3.05) is 13.2 Å². The maximum absolute atomic E-state index is 12.3. The minimum absolute atomic E-state index is 0.00185. The molecule has 1 N–H and O–H groups in total. The Morgan fingerprint density at radius 1 is 1.03 bits per heavy atom. The van der Waals surface area contributed by atoms with Crippen molar-refractivity contribution in [2.45, 2.75) is 40.8 Å². The number of imidazole rings is 1. The summed E-state index contributed by atoms with van der Waals surface area (Å²) >= 11 is 0. The predicted molar refractivity (Wildman–Crippen MR) is 114 cm³/mol. The summed E-state index contributed by atoms with van der Waals surface area (Å²) in [4.78, 5) is 17.0. The molecule has 3 rings (SSSR count). The molecule has 0 aliphatic heterocycles. The Labute approximate surface area is 171 Å². The monoisotopic (exact) mass is 395 g/mol. The predicted octanol–water partition coefficient (Wildman–Crippen LogP) is 4.18. The number of fused-ring (bicyclic) bond motifs is 1. The zero-order valence-corrected chi connectivity index (χ0v) is 17.6. The van der Waals surface area contributed by atoms with Gasteiger partial charge in [-0.3, -0.25) is 4.79 Å². The van der Waals surface area contributed by atoms with Gasteiger partial charge in [-0.1, -0.05) is 45.0 Å². The SMILES string of the molecule is CCOc1ccccc1OCCn1c(CNC(=O)C(C)(C)C)nc2ccccc21. The van der Waals surface area contributed by atoms with E-state index < -0.39 is 5.41 Å². The lowest BCUT2D eigenvalue weighted by Gasteiger charge is -2.18. The molecule has 0 fully saturated rings. The molecule has 154 valence electrons. The summed E-state index contributed by atoms with van der Waals surface area (Å²) in [6.07, 6.45) is 0. The minimum atomic E-state index is -0.442. The van der Waals surface area contributed by atoms with Gasteiger partial charge < -0.3 is 19.4 Å². The van der Waals surface area contributed by atoms with E-state index in [0.29, 0.717) is 26.3 Å². The highest BCUT2D eigenvalue weighted by Gasteiger charge is 2.21. The molecule has 0 bridgehead atoms. The van der Waals surface area contributed by atoms with Crippen molar-refractivity contribution in [2.24, 2.45) is 5.41 Å². The first-order valence-electron chi connectivity index (χ1n) is 9.97. The van der Waals surface area contributed by atoms with Crippen LogP contribution in [0, 0.1) is 5.41 Å². The number of rotatable bonds is 8. The highest BCUT2D eigenvalue weighted by molar-refractivity contribution is 5.81. The highest BCUT2D eigenvalue weighted by Crippen LogP contribution is 2.26. The Bertz CT molecular complexity index is 973. The Kier molecular flexibility index (Phi) is 6.42. The normalized spacial score (nSPS) is 11.4. The van der Waals surface area contributed by atoms with E-state index in [1.165, 1.54) is 0 Å². The van der Waals surface area contributed by atoms with E-state index in [9.17, 15) is 4.79 Å². The van der Waals surface area contributed by atoms with Crippen LogP contribution >= 0.6 is 0 Å². The van der Waals surface area contributed by atoms with E-state index in [1.807, 2.05) is 76.2 Å². The number of carbonyl (C=O) groups excluding carboxylic acids is 1. The summed E-state index contributed by atoms with van der Waals surface area (Å²) in [6, 6.07) is 15.6. The number of nitrogens with zero attached hydrogens (tertiary/aromatic N) is 2. The zero-order chi connectivity index (χ0) is 20.9.